The van der Waals surface area contributed by atoms with Gasteiger partial charge in [-0.1, -0.05) is 216 Å². The molecule has 61 heavy (non-hydrogen) atoms. The van der Waals surface area contributed by atoms with Crippen LogP contribution in [-0.2, 0) is 28.6 Å². The Morgan fingerprint density at radius 1 is 0.344 bits per heavy atom. The van der Waals surface area contributed by atoms with Crippen molar-refractivity contribution in [3.63, 3.8) is 0 Å². The van der Waals surface area contributed by atoms with Gasteiger partial charge in [-0.05, 0) is 77.0 Å². The van der Waals surface area contributed by atoms with E-state index in [9.17, 15) is 14.4 Å². The molecule has 0 aromatic rings. The minimum absolute atomic E-state index is 0.0766. The van der Waals surface area contributed by atoms with E-state index in [1.54, 1.807) is 0 Å². The van der Waals surface area contributed by atoms with Crippen molar-refractivity contribution in [3.8, 4) is 0 Å². The van der Waals surface area contributed by atoms with Crippen molar-refractivity contribution in [3.05, 3.63) is 60.8 Å². The Bertz CT molecular complexity index is 1120. The van der Waals surface area contributed by atoms with Crippen LogP contribution in [0.5, 0.6) is 0 Å². The molecule has 352 valence electrons. The largest absolute Gasteiger partial charge is 0.462 e. The van der Waals surface area contributed by atoms with Crippen molar-refractivity contribution in [1.29, 1.82) is 0 Å². The summed E-state index contributed by atoms with van der Waals surface area (Å²) in [5.74, 6) is -0.899. The first kappa shape index (κ1) is 58.1. The molecule has 0 fully saturated rings. The van der Waals surface area contributed by atoms with Crippen molar-refractivity contribution in [2.45, 2.75) is 258 Å². The lowest BCUT2D eigenvalue weighted by atomic mass is 10.0. The number of hydrogen-bond donors (Lipinski definition) is 0. The average molecular weight is 853 g/mol. The van der Waals surface area contributed by atoms with Gasteiger partial charge >= 0.3 is 17.9 Å². The van der Waals surface area contributed by atoms with Crippen LogP contribution in [0, 0.1) is 0 Å². The Labute approximate surface area is 377 Å². The highest BCUT2D eigenvalue weighted by atomic mass is 16.6. The lowest BCUT2D eigenvalue weighted by Crippen LogP contribution is -2.30. The average Bonchev–Trinajstić information content (AvgIpc) is 3.26. The van der Waals surface area contributed by atoms with Crippen molar-refractivity contribution >= 4 is 17.9 Å². The van der Waals surface area contributed by atoms with E-state index in [1.807, 2.05) is 0 Å². The Hall–Kier alpha value is -2.89. The molecule has 0 aromatic carbocycles. The van der Waals surface area contributed by atoms with Gasteiger partial charge in [0.1, 0.15) is 13.2 Å². The van der Waals surface area contributed by atoms with Gasteiger partial charge in [0, 0.05) is 19.3 Å². The maximum atomic E-state index is 12.7. The minimum Gasteiger partial charge on any atom is -0.462 e. The van der Waals surface area contributed by atoms with Crippen LogP contribution in [-0.4, -0.2) is 37.2 Å². The molecular weight excluding hydrogens is 757 g/mol. The number of esters is 3. The quantitative estimate of drug-likeness (QED) is 0.0263. The fourth-order valence-corrected chi connectivity index (χ4v) is 7.12. The molecule has 0 aliphatic carbocycles. The number of carbonyl (C=O) groups is 3. The molecule has 0 bridgehead atoms. The molecule has 0 saturated carbocycles. The molecule has 0 amide bonds. The second-order valence-electron chi connectivity index (χ2n) is 17.1. The van der Waals surface area contributed by atoms with E-state index >= 15 is 0 Å². The van der Waals surface area contributed by atoms with E-state index < -0.39 is 6.10 Å². The van der Waals surface area contributed by atoms with Gasteiger partial charge in [0.05, 0.1) is 0 Å². The Morgan fingerprint density at radius 2 is 0.656 bits per heavy atom. The lowest BCUT2D eigenvalue weighted by Gasteiger charge is -2.18. The first-order chi connectivity index (χ1) is 30.0. The van der Waals surface area contributed by atoms with Gasteiger partial charge in [0.25, 0.3) is 0 Å². The molecule has 1 unspecified atom stereocenters. The summed E-state index contributed by atoms with van der Waals surface area (Å²) in [6.07, 6.45) is 61.2. The minimum atomic E-state index is -0.771. The van der Waals surface area contributed by atoms with Crippen LogP contribution in [0.2, 0.25) is 0 Å². The topological polar surface area (TPSA) is 78.9 Å². The van der Waals surface area contributed by atoms with Crippen LogP contribution < -0.4 is 0 Å². The summed E-state index contributed by atoms with van der Waals surface area (Å²) in [7, 11) is 0. The van der Waals surface area contributed by atoms with Gasteiger partial charge in [-0.3, -0.25) is 14.4 Å². The Kier molecular flexibility index (Phi) is 47.4. The molecule has 0 aromatic heterocycles. The first-order valence-electron chi connectivity index (χ1n) is 25.8. The summed E-state index contributed by atoms with van der Waals surface area (Å²) in [5, 5.41) is 0. The molecule has 6 nitrogen and oxygen atoms in total. The molecule has 0 N–H and O–H groups in total. The molecular formula is C55H96O6. The number of carbonyl (C=O) groups excluding carboxylic acids is 3. The third-order valence-corrected chi connectivity index (χ3v) is 11.0. The number of hydrogen-bond acceptors (Lipinski definition) is 6. The van der Waals surface area contributed by atoms with E-state index in [4.69, 9.17) is 14.2 Å². The molecule has 0 spiro atoms. The zero-order valence-corrected chi connectivity index (χ0v) is 40.2. The van der Waals surface area contributed by atoms with Crippen LogP contribution >= 0.6 is 0 Å². The van der Waals surface area contributed by atoms with Crippen LogP contribution in [0.4, 0.5) is 0 Å². The Balaban J connectivity index is 4.00. The van der Waals surface area contributed by atoms with Crippen LogP contribution in [0.25, 0.3) is 0 Å². The molecule has 0 rings (SSSR count). The summed E-state index contributed by atoms with van der Waals surface area (Å²) in [6.45, 7) is 6.40. The third kappa shape index (κ3) is 48.0. The summed E-state index contributed by atoms with van der Waals surface area (Å²) in [4.78, 5) is 37.6. The molecule has 0 aliphatic rings. The SMILES string of the molecule is CC/C=C\C/C=C\C/C=C\C/C=C\CCCCCCCCCCCCCCCCC(=O)OCC(COC(=O)CCCCCCC)OC(=O)CCCCCCC/C=C\CCCC. The van der Waals surface area contributed by atoms with E-state index in [2.05, 4.69) is 81.5 Å². The maximum Gasteiger partial charge on any atom is 0.306 e. The number of ether oxygens (including phenoxy) is 3. The second kappa shape index (κ2) is 49.8. The van der Waals surface area contributed by atoms with E-state index in [-0.39, 0.29) is 31.1 Å². The van der Waals surface area contributed by atoms with Crippen LogP contribution in [0.1, 0.15) is 252 Å². The molecule has 0 radical (unpaired) electrons. The summed E-state index contributed by atoms with van der Waals surface area (Å²) in [5.41, 5.74) is 0. The Morgan fingerprint density at radius 3 is 1.07 bits per heavy atom. The van der Waals surface area contributed by atoms with Crippen molar-refractivity contribution in [1.82, 2.24) is 0 Å². The van der Waals surface area contributed by atoms with Gasteiger partial charge in [-0.25, -0.2) is 0 Å². The summed E-state index contributed by atoms with van der Waals surface area (Å²) in [6, 6.07) is 0. The van der Waals surface area contributed by atoms with E-state index in [0.29, 0.717) is 19.3 Å². The van der Waals surface area contributed by atoms with Crippen molar-refractivity contribution < 1.29 is 28.6 Å². The zero-order valence-electron chi connectivity index (χ0n) is 40.2. The van der Waals surface area contributed by atoms with Gasteiger partial charge < -0.3 is 14.2 Å². The highest BCUT2D eigenvalue weighted by Crippen LogP contribution is 2.15. The van der Waals surface area contributed by atoms with Crippen LogP contribution in [0.3, 0.4) is 0 Å². The smallest absolute Gasteiger partial charge is 0.306 e. The fourth-order valence-electron chi connectivity index (χ4n) is 7.12. The predicted octanol–water partition coefficient (Wildman–Crippen LogP) is 16.9. The number of unbranched alkanes of at least 4 members (excludes halogenated alkanes) is 25. The van der Waals surface area contributed by atoms with Crippen LogP contribution in [0.15, 0.2) is 60.8 Å². The van der Waals surface area contributed by atoms with E-state index in [1.165, 1.54) is 109 Å². The second-order valence-corrected chi connectivity index (χ2v) is 17.1. The first-order valence-corrected chi connectivity index (χ1v) is 25.8. The fraction of sp³-hybridized carbons (Fsp3) is 0.764. The summed E-state index contributed by atoms with van der Waals surface area (Å²) < 4.78 is 16.6. The molecule has 1 atom stereocenters. The third-order valence-electron chi connectivity index (χ3n) is 11.0. The standard InChI is InChI=1S/C55H96O6/c1-4-7-10-13-15-17-19-20-21-22-23-24-25-26-27-28-29-30-31-32-33-34-36-37-39-42-45-48-54(57)60-51-52(50-59-53(56)47-44-41-12-9-6-3)61-55(58)49-46-43-40-38-35-18-16-14-11-8-5-2/h7,10,14-17,20-21,23-24,52H,4-6,8-9,11-13,18-19,22,25-51H2,1-3H3/b10-7-,16-14-,17-15-,21-20-,24-23-. The predicted molar refractivity (Wildman–Crippen MR) is 261 cm³/mol. The molecule has 0 heterocycles. The van der Waals surface area contributed by atoms with Gasteiger partial charge in [0.2, 0.25) is 0 Å². The number of rotatable bonds is 46. The lowest BCUT2D eigenvalue weighted by molar-refractivity contribution is -0.167. The molecule has 0 aliphatic heterocycles. The highest BCUT2D eigenvalue weighted by molar-refractivity contribution is 5.71. The molecule has 0 saturated heterocycles. The normalized spacial score (nSPS) is 12.5. The monoisotopic (exact) mass is 853 g/mol. The van der Waals surface area contributed by atoms with Gasteiger partial charge in [-0.15, -0.1) is 0 Å². The van der Waals surface area contributed by atoms with Gasteiger partial charge in [0.15, 0.2) is 6.10 Å². The van der Waals surface area contributed by atoms with Crippen molar-refractivity contribution in [2.75, 3.05) is 13.2 Å². The number of allylic oxidation sites excluding steroid dienone is 10. The molecule has 6 heteroatoms. The maximum absolute atomic E-state index is 12.7. The van der Waals surface area contributed by atoms with Gasteiger partial charge in [-0.2, -0.15) is 0 Å². The van der Waals surface area contributed by atoms with E-state index in [0.717, 1.165) is 103 Å². The zero-order chi connectivity index (χ0) is 44.4. The summed E-state index contributed by atoms with van der Waals surface area (Å²) >= 11 is 0. The highest BCUT2D eigenvalue weighted by Gasteiger charge is 2.19. The van der Waals surface area contributed by atoms with Crippen molar-refractivity contribution in [2.24, 2.45) is 0 Å².